The lowest BCUT2D eigenvalue weighted by Crippen LogP contribution is -1.62. The molecule has 0 N–H and O–H groups in total. The van der Waals surface area contributed by atoms with Gasteiger partial charge in [-0.25, -0.2) is 0 Å². The van der Waals surface area contributed by atoms with Gasteiger partial charge in [-0.3, -0.25) is 0 Å². The van der Waals surface area contributed by atoms with Crippen molar-refractivity contribution in [3.05, 3.63) is 58.3 Å². The van der Waals surface area contributed by atoms with Gasteiger partial charge >= 0.3 is 0 Å². The molecule has 30 heavy (non-hydrogen) atoms. The fraction of sp³-hybridized carbons (Fsp3) is 0.0833. The van der Waals surface area contributed by atoms with Crippen LogP contribution in [0.5, 0.6) is 0 Å². The summed E-state index contributed by atoms with van der Waals surface area (Å²) >= 11 is 11.5. The van der Waals surface area contributed by atoms with Crippen LogP contribution in [-0.2, 0) is 0 Å². The average Bonchev–Trinajstić information content (AvgIpc) is 3.46. The van der Waals surface area contributed by atoms with Crippen molar-refractivity contribution in [3.8, 4) is 19.5 Å². The van der Waals surface area contributed by atoms with E-state index in [1.807, 2.05) is 68.0 Å². The normalized spacial score (nSPS) is 12.3. The molecular weight excluding hydrogens is 481 g/mol. The Balaban J connectivity index is 1.32. The van der Waals surface area contributed by atoms with E-state index in [2.05, 4.69) is 62.4 Å². The van der Waals surface area contributed by atoms with Crippen LogP contribution >= 0.6 is 68.0 Å². The summed E-state index contributed by atoms with van der Waals surface area (Å²) in [4.78, 5) is 8.38. The van der Waals surface area contributed by atoms with Gasteiger partial charge in [0.1, 0.15) is 0 Å². The van der Waals surface area contributed by atoms with Gasteiger partial charge in [-0.1, -0.05) is 0 Å². The molecule has 0 spiro atoms. The summed E-state index contributed by atoms with van der Waals surface area (Å²) in [7, 11) is 0. The summed E-state index contributed by atoms with van der Waals surface area (Å²) in [5.41, 5.74) is 0. The van der Waals surface area contributed by atoms with Crippen LogP contribution in [-0.4, -0.2) is 0 Å². The first-order valence-electron chi connectivity index (χ1n) is 9.57. The first-order valence-corrected chi connectivity index (χ1v) is 14.5. The fourth-order valence-electron chi connectivity index (χ4n) is 3.97. The maximum absolute atomic E-state index is 2.39. The second-order valence-corrected chi connectivity index (χ2v) is 14.5. The van der Waals surface area contributed by atoms with Gasteiger partial charge in [-0.05, 0) is 73.2 Å². The summed E-state index contributed by atoms with van der Waals surface area (Å²) in [6.07, 6.45) is 0. The lowest BCUT2D eigenvalue weighted by molar-refractivity contribution is 1.66. The Morgan fingerprint density at radius 2 is 0.733 bits per heavy atom. The third kappa shape index (κ3) is 2.79. The van der Waals surface area contributed by atoms with Crippen molar-refractivity contribution in [2.24, 2.45) is 0 Å². The van der Waals surface area contributed by atoms with Crippen molar-refractivity contribution < 1.29 is 0 Å². The number of fused-ring (bicyclic) bond motifs is 4. The van der Waals surface area contributed by atoms with Crippen LogP contribution in [0.4, 0.5) is 0 Å². The van der Waals surface area contributed by atoms with Crippen LogP contribution in [0, 0.1) is 13.8 Å². The molecule has 7 aromatic rings. The van der Waals surface area contributed by atoms with Gasteiger partial charge in [0.2, 0.25) is 0 Å². The van der Waals surface area contributed by atoms with E-state index >= 15 is 0 Å². The minimum Gasteiger partial charge on any atom is -0.140 e. The monoisotopic (exact) mass is 494 g/mol. The fourth-order valence-corrected chi connectivity index (χ4v) is 10.9. The number of hydrogen-bond donors (Lipinski definition) is 0. The van der Waals surface area contributed by atoms with Gasteiger partial charge in [0, 0.05) is 57.5 Å². The average molecular weight is 495 g/mol. The predicted molar refractivity (Wildman–Crippen MR) is 144 cm³/mol. The molecule has 6 aromatic heterocycles. The molecule has 0 atom stereocenters. The Morgan fingerprint density at radius 1 is 0.367 bits per heavy atom. The van der Waals surface area contributed by atoms with Crippen molar-refractivity contribution in [1.29, 1.82) is 0 Å². The standard InChI is InChI=1S/C24H14S6/c1-11-3-17-21(25-11)9-23(29-17)19-7-13-5-16-14(6-15(13)27-19)8-20(28-16)24-10-22-18(30-24)4-12(2)26-22/h3-10H,1-2H3. The first kappa shape index (κ1) is 18.1. The van der Waals surface area contributed by atoms with E-state index in [9.17, 15) is 0 Å². The van der Waals surface area contributed by atoms with Crippen LogP contribution in [0.2, 0.25) is 0 Å². The SMILES string of the molecule is Cc1cc2sc(-c3cc4cc5sc(-c6cc7sc(C)cc7s6)cc5cc4s3)cc2s1. The van der Waals surface area contributed by atoms with Crippen molar-refractivity contribution in [2.75, 3.05) is 0 Å². The molecule has 146 valence electrons. The van der Waals surface area contributed by atoms with Crippen LogP contribution < -0.4 is 0 Å². The van der Waals surface area contributed by atoms with Crippen molar-refractivity contribution >= 4 is 107 Å². The van der Waals surface area contributed by atoms with E-state index in [-0.39, 0.29) is 0 Å². The van der Waals surface area contributed by atoms with Gasteiger partial charge in [-0.15, -0.1) is 68.0 Å². The molecule has 0 bridgehead atoms. The number of aryl methyl sites for hydroxylation is 2. The van der Waals surface area contributed by atoms with E-state index < -0.39 is 0 Å². The maximum Gasteiger partial charge on any atom is 0.0463 e. The van der Waals surface area contributed by atoms with Crippen molar-refractivity contribution in [2.45, 2.75) is 13.8 Å². The van der Waals surface area contributed by atoms with E-state index in [0.717, 1.165) is 0 Å². The van der Waals surface area contributed by atoms with Crippen molar-refractivity contribution in [3.63, 3.8) is 0 Å². The minimum absolute atomic E-state index is 1.37. The largest absolute Gasteiger partial charge is 0.140 e. The Labute approximate surface area is 197 Å². The van der Waals surface area contributed by atoms with E-state index in [1.54, 1.807) is 0 Å². The molecule has 6 heteroatoms. The Kier molecular flexibility index (Phi) is 3.90. The zero-order chi connectivity index (χ0) is 20.0. The predicted octanol–water partition coefficient (Wildman–Crippen LogP) is 10.6. The van der Waals surface area contributed by atoms with E-state index in [0.29, 0.717) is 0 Å². The molecular formula is C24H14S6. The molecule has 0 radical (unpaired) electrons. The molecule has 0 unspecified atom stereocenters. The topological polar surface area (TPSA) is 0 Å². The number of hydrogen-bond acceptors (Lipinski definition) is 6. The van der Waals surface area contributed by atoms with Gasteiger partial charge in [0.05, 0.1) is 0 Å². The van der Waals surface area contributed by atoms with Gasteiger partial charge in [0.25, 0.3) is 0 Å². The van der Waals surface area contributed by atoms with Crippen LogP contribution in [0.3, 0.4) is 0 Å². The van der Waals surface area contributed by atoms with Crippen LogP contribution in [0.1, 0.15) is 9.75 Å². The summed E-state index contributed by atoms with van der Waals surface area (Å²) < 4.78 is 8.45. The number of thiophene rings is 6. The lowest BCUT2D eigenvalue weighted by Gasteiger charge is -1.89. The second kappa shape index (κ2) is 6.48. The lowest BCUT2D eigenvalue weighted by atomic mass is 10.2. The first-order chi connectivity index (χ1) is 14.6. The molecule has 0 nitrogen and oxygen atoms in total. The molecule has 0 aliphatic rings. The molecule has 0 saturated carbocycles. The molecule has 0 amide bonds. The summed E-state index contributed by atoms with van der Waals surface area (Å²) in [6.45, 7) is 4.38. The molecule has 7 rings (SSSR count). The third-order valence-electron chi connectivity index (χ3n) is 5.30. The summed E-state index contributed by atoms with van der Waals surface area (Å²) in [5.74, 6) is 0. The molecule has 0 aliphatic carbocycles. The molecule has 0 aliphatic heterocycles. The van der Waals surface area contributed by atoms with Gasteiger partial charge in [0.15, 0.2) is 0 Å². The highest BCUT2D eigenvalue weighted by Gasteiger charge is 2.14. The maximum atomic E-state index is 2.39. The Bertz CT molecular complexity index is 1480. The molecule has 0 saturated heterocycles. The van der Waals surface area contributed by atoms with Crippen LogP contribution in [0.15, 0.2) is 48.5 Å². The molecule has 6 heterocycles. The Morgan fingerprint density at radius 3 is 1.17 bits per heavy atom. The molecule has 1 aromatic carbocycles. The second-order valence-electron chi connectivity index (χ2n) is 7.54. The quantitative estimate of drug-likeness (QED) is 0.224. The zero-order valence-corrected chi connectivity index (χ0v) is 21.0. The summed E-state index contributed by atoms with van der Waals surface area (Å²) in [5, 5.41) is 2.73. The van der Waals surface area contributed by atoms with Gasteiger partial charge in [-0.2, -0.15) is 0 Å². The van der Waals surface area contributed by atoms with E-state index in [4.69, 9.17) is 0 Å². The van der Waals surface area contributed by atoms with Crippen molar-refractivity contribution in [1.82, 2.24) is 0 Å². The third-order valence-corrected chi connectivity index (χ3v) is 12.3. The summed E-state index contributed by atoms with van der Waals surface area (Å²) in [6, 6.07) is 18.9. The highest BCUT2D eigenvalue weighted by atomic mass is 32.1. The van der Waals surface area contributed by atoms with E-state index in [1.165, 1.54) is 68.2 Å². The van der Waals surface area contributed by atoms with Crippen LogP contribution in [0.25, 0.3) is 58.5 Å². The molecule has 0 fully saturated rings. The number of benzene rings is 1. The zero-order valence-electron chi connectivity index (χ0n) is 16.1. The highest BCUT2D eigenvalue weighted by molar-refractivity contribution is 7.33. The number of rotatable bonds is 2. The smallest absolute Gasteiger partial charge is 0.0463 e. The minimum atomic E-state index is 1.37. The Hall–Kier alpha value is -1.54. The van der Waals surface area contributed by atoms with Gasteiger partial charge < -0.3 is 0 Å². The highest BCUT2D eigenvalue weighted by Crippen LogP contribution is 2.46.